The van der Waals surface area contributed by atoms with Crippen molar-refractivity contribution in [2.24, 2.45) is 5.10 Å². The van der Waals surface area contributed by atoms with Crippen LogP contribution >= 0.6 is 0 Å². The number of aromatic amines is 1. The number of hydrogen-bond acceptors (Lipinski definition) is 8. The first-order chi connectivity index (χ1) is 17.0. The van der Waals surface area contributed by atoms with Gasteiger partial charge in [0.15, 0.2) is 6.29 Å². The number of benzene rings is 2. The molecule has 0 fully saturated rings. The molecule has 0 saturated carbocycles. The molecule has 2 heterocycles. The Hall–Kier alpha value is -3.83. The number of aldehydes is 1. The van der Waals surface area contributed by atoms with Crippen molar-refractivity contribution in [2.75, 3.05) is 5.32 Å². The highest BCUT2D eigenvalue weighted by molar-refractivity contribution is 7.71. The van der Waals surface area contributed by atoms with Crippen LogP contribution < -0.4 is 5.32 Å². The van der Waals surface area contributed by atoms with E-state index in [0.29, 0.717) is 29.9 Å². The number of nitrogens with zero attached hydrogens (tertiary/aromatic N) is 3. The maximum absolute atomic E-state index is 12.2. The van der Waals surface area contributed by atoms with E-state index in [1.165, 1.54) is 12.5 Å². The summed E-state index contributed by atoms with van der Waals surface area (Å²) in [6, 6.07) is 14.3. The highest BCUT2D eigenvalue weighted by Gasteiger charge is 2.31. The molecule has 0 radical (unpaired) electrons. The van der Waals surface area contributed by atoms with Gasteiger partial charge in [0.05, 0.1) is 24.3 Å². The number of rotatable bonds is 9. The summed E-state index contributed by atoms with van der Waals surface area (Å²) in [5.41, 5.74) is 3.93. The average molecular weight is 496 g/mol. The van der Waals surface area contributed by atoms with Gasteiger partial charge in [0.2, 0.25) is 6.23 Å². The van der Waals surface area contributed by atoms with Crippen LogP contribution in [0.1, 0.15) is 40.5 Å². The van der Waals surface area contributed by atoms with Crippen molar-refractivity contribution in [1.29, 1.82) is 0 Å². The van der Waals surface area contributed by atoms with Gasteiger partial charge in [-0.15, -0.1) is 0 Å². The minimum absolute atomic E-state index is 0.0205. The van der Waals surface area contributed by atoms with E-state index in [0.717, 1.165) is 17.4 Å². The molecule has 182 valence electrons. The number of anilines is 1. The summed E-state index contributed by atoms with van der Waals surface area (Å²) in [5, 5.41) is 9.09. The predicted octanol–water partition coefficient (Wildman–Crippen LogP) is 2.31. The van der Waals surface area contributed by atoms with Gasteiger partial charge >= 0.3 is 0 Å². The Morgan fingerprint density at radius 3 is 2.46 bits per heavy atom. The second-order valence-electron chi connectivity index (χ2n) is 7.94. The van der Waals surface area contributed by atoms with Crippen molar-refractivity contribution in [1.82, 2.24) is 15.0 Å². The van der Waals surface area contributed by atoms with Crippen molar-refractivity contribution >= 4 is 34.3 Å². The minimum atomic E-state index is -2.50. The standard InChI is InChI=1S/C24H25N5O5S/c1-2-21-23(18-7-3-17(4-8-18)14-35(32)33)28-29(22(13-30)34-21)12-16-5-9-19(10-6-16)27-24(31)20-11-25-15-26-20/h3-11,13,15,21-22,35H,2,12,14H2,1H3,(H,25,26)(H,27,31). The zero-order valence-electron chi connectivity index (χ0n) is 19.0. The Morgan fingerprint density at radius 2 is 1.86 bits per heavy atom. The first kappa shape index (κ1) is 24.3. The van der Waals surface area contributed by atoms with Gasteiger partial charge < -0.3 is 15.0 Å². The molecule has 0 spiro atoms. The van der Waals surface area contributed by atoms with Gasteiger partial charge in [-0.25, -0.2) is 13.4 Å². The predicted molar refractivity (Wildman–Crippen MR) is 131 cm³/mol. The van der Waals surface area contributed by atoms with E-state index < -0.39 is 16.9 Å². The van der Waals surface area contributed by atoms with Gasteiger partial charge in [-0.1, -0.05) is 43.3 Å². The maximum atomic E-state index is 12.2. The van der Waals surface area contributed by atoms with E-state index in [9.17, 15) is 18.0 Å². The fourth-order valence-electron chi connectivity index (χ4n) is 3.71. The van der Waals surface area contributed by atoms with Gasteiger partial charge in [-0.3, -0.25) is 14.6 Å². The monoisotopic (exact) mass is 495 g/mol. The number of nitrogens with one attached hydrogen (secondary N) is 2. The van der Waals surface area contributed by atoms with Crippen LogP contribution in [0.25, 0.3) is 0 Å². The van der Waals surface area contributed by atoms with Crippen molar-refractivity contribution in [3.63, 3.8) is 0 Å². The van der Waals surface area contributed by atoms with E-state index >= 15 is 0 Å². The van der Waals surface area contributed by atoms with Crippen LogP contribution in [0.15, 0.2) is 66.2 Å². The molecule has 1 amide bonds. The Morgan fingerprint density at radius 1 is 1.14 bits per heavy atom. The topological polar surface area (TPSA) is 134 Å². The third kappa shape index (κ3) is 6.00. The molecule has 1 aliphatic heterocycles. The van der Waals surface area contributed by atoms with Gasteiger partial charge in [0.1, 0.15) is 22.5 Å². The lowest BCUT2D eigenvalue weighted by atomic mass is 10.0. The Balaban J connectivity index is 1.52. The number of carbonyl (C=O) groups is 2. The molecule has 0 bridgehead atoms. The molecule has 10 nitrogen and oxygen atoms in total. The fourth-order valence-corrected chi connectivity index (χ4v) is 4.22. The molecule has 0 aliphatic carbocycles. The second kappa shape index (κ2) is 11.1. The quantitative estimate of drug-likeness (QED) is 0.306. The molecule has 4 rings (SSSR count). The summed E-state index contributed by atoms with van der Waals surface area (Å²) in [6.07, 6.45) is 3.07. The molecule has 0 saturated heterocycles. The van der Waals surface area contributed by atoms with Crippen LogP contribution in [0, 0.1) is 0 Å². The molecule has 3 aromatic rings. The SMILES string of the molecule is CCC1OC(C=O)N(Cc2ccc(NC(=O)c3c[nH]cn3)cc2)N=C1c1ccc(C[SH](=O)=O)cc1. The van der Waals surface area contributed by atoms with Crippen LogP contribution in [0.2, 0.25) is 0 Å². The van der Waals surface area contributed by atoms with E-state index in [4.69, 9.17) is 9.84 Å². The number of hydrogen-bond donors (Lipinski definition) is 3. The Bertz CT molecular complexity index is 1260. The molecule has 35 heavy (non-hydrogen) atoms. The largest absolute Gasteiger partial charge is 0.350 e. The minimum Gasteiger partial charge on any atom is -0.350 e. The van der Waals surface area contributed by atoms with Crippen molar-refractivity contribution in [3.8, 4) is 0 Å². The summed E-state index contributed by atoms with van der Waals surface area (Å²) >= 11 is 0. The molecular weight excluding hydrogens is 470 g/mol. The van der Waals surface area contributed by atoms with Crippen LogP contribution in [0.5, 0.6) is 0 Å². The molecule has 11 heteroatoms. The molecule has 1 aromatic heterocycles. The Labute approximate surface area is 204 Å². The lowest BCUT2D eigenvalue weighted by Crippen LogP contribution is -2.45. The number of imidazole rings is 1. The molecular formula is C24H25N5O5S. The van der Waals surface area contributed by atoms with Crippen LogP contribution in [-0.4, -0.2) is 53.6 Å². The lowest BCUT2D eigenvalue weighted by molar-refractivity contribution is -0.139. The Kier molecular flexibility index (Phi) is 7.68. The number of carbonyl (C=O) groups excluding carboxylic acids is 2. The third-order valence-corrected chi connectivity index (χ3v) is 6.10. The number of aromatic nitrogens is 2. The third-order valence-electron chi connectivity index (χ3n) is 5.47. The summed E-state index contributed by atoms with van der Waals surface area (Å²) in [6.45, 7) is 2.26. The summed E-state index contributed by atoms with van der Waals surface area (Å²) in [4.78, 5) is 30.6. The zero-order valence-corrected chi connectivity index (χ0v) is 19.9. The summed E-state index contributed by atoms with van der Waals surface area (Å²) < 4.78 is 28.0. The van der Waals surface area contributed by atoms with E-state index in [2.05, 4.69) is 15.3 Å². The molecule has 2 unspecified atom stereocenters. The smallest absolute Gasteiger partial charge is 0.275 e. The highest BCUT2D eigenvalue weighted by atomic mass is 32.2. The number of ether oxygens (including phenoxy) is 1. The molecule has 1 aliphatic rings. The van der Waals surface area contributed by atoms with Crippen LogP contribution in [0.3, 0.4) is 0 Å². The van der Waals surface area contributed by atoms with Crippen molar-refractivity contribution < 1.29 is 22.7 Å². The van der Waals surface area contributed by atoms with E-state index in [-0.39, 0.29) is 23.5 Å². The van der Waals surface area contributed by atoms with Crippen LogP contribution in [0.4, 0.5) is 5.69 Å². The van der Waals surface area contributed by atoms with Crippen LogP contribution in [-0.2, 0) is 32.5 Å². The lowest BCUT2D eigenvalue weighted by Gasteiger charge is -2.35. The van der Waals surface area contributed by atoms with E-state index in [1.54, 1.807) is 29.3 Å². The van der Waals surface area contributed by atoms with E-state index in [1.807, 2.05) is 31.2 Å². The molecule has 2 atom stereocenters. The normalized spacial score (nSPS) is 17.8. The highest BCUT2D eigenvalue weighted by Crippen LogP contribution is 2.23. The number of H-pyrrole nitrogens is 1. The van der Waals surface area contributed by atoms with Gasteiger partial charge in [-0.05, 0) is 29.7 Å². The number of thiol groups is 1. The van der Waals surface area contributed by atoms with Crippen molar-refractivity contribution in [2.45, 2.75) is 38.0 Å². The molecule has 2 N–H and O–H groups in total. The van der Waals surface area contributed by atoms with Gasteiger partial charge in [-0.2, -0.15) is 5.10 Å². The fraction of sp³-hybridized carbons (Fsp3) is 0.250. The first-order valence-electron chi connectivity index (χ1n) is 11.0. The summed E-state index contributed by atoms with van der Waals surface area (Å²) in [5.74, 6) is -0.342. The van der Waals surface area contributed by atoms with Crippen molar-refractivity contribution in [3.05, 3.63) is 83.4 Å². The first-order valence-corrected chi connectivity index (χ1v) is 12.4. The number of amides is 1. The number of hydrazone groups is 1. The molecule has 2 aromatic carbocycles. The van der Waals surface area contributed by atoms with Gasteiger partial charge in [0.25, 0.3) is 5.91 Å². The summed E-state index contributed by atoms with van der Waals surface area (Å²) in [7, 11) is -2.50. The maximum Gasteiger partial charge on any atom is 0.275 e. The second-order valence-corrected chi connectivity index (χ2v) is 8.92. The average Bonchev–Trinajstić information content (AvgIpc) is 3.40. The van der Waals surface area contributed by atoms with Gasteiger partial charge in [0, 0.05) is 17.4 Å². The zero-order chi connectivity index (χ0) is 24.8.